The number of amidine groups is 1. The van der Waals surface area contributed by atoms with Gasteiger partial charge >= 0.3 is 5.97 Å². The number of hydrogen-bond acceptors (Lipinski definition) is 5. The molecule has 0 amide bonds. The van der Waals surface area contributed by atoms with Gasteiger partial charge in [-0.25, -0.2) is 18.6 Å². The highest BCUT2D eigenvalue weighted by molar-refractivity contribution is 6.02. The fourth-order valence-corrected chi connectivity index (χ4v) is 2.72. The number of pyridine rings is 1. The Morgan fingerprint density at radius 3 is 2.62 bits per heavy atom. The summed E-state index contributed by atoms with van der Waals surface area (Å²) in [6.45, 7) is 3.59. The maximum atomic E-state index is 14.1. The molecule has 1 unspecified atom stereocenters. The molecule has 0 radical (unpaired) electrons. The first-order chi connectivity index (χ1) is 12.5. The summed E-state index contributed by atoms with van der Waals surface area (Å²) in [5, 5.41) is 2.93. The minimum absolute atomic E-state index is 0.0434. The van der Waals surface area contributed by atoms with Gasteiger partial charge in [0.25, 0.3) is 0 Å². The van der Waals surface area contributed by atoms with Crippen LogP contribution in [-0.2, 0) is 9.53 Å². The van der Waals surface area contributed by atoms with Crippen molar-refractivity contribution in [1.82, 2.24) is 10.3 Å². The molecular weight excluding hydrogens is 340 g/mol. The maximum absolute atomic E-state index is 14.1. The van der Waals surface area contributed by atoms with Crippen LogP contribution in [0.4, 0.5) is 8.78 Å². The second-order valence-corrected chi connectivity index (χ2v) is 5.65. The zero-order valence-electron chi connectivity index (χ0n) is 14.3. The molecule has 0 saturated heterocycles. The van der Waals surface area contributed by atoms with Crippen LogP contribution in [0.3, 0.4) is 0 Å². The molecule has 1 atom stereocenters. The van der Waals surface area contributed by atoms with E-state index in [2.05, 4.69) is 15.3 Å². The van der Waals surface area contributed by atoms with Crippen molar-refractivity contribution in [3.8, 4) is 0 Å². The van der Waals surface area contributed by atoms with Gasteiger partial charge in [-0.05, 0) is 43.7 Å². The summed E-state index contributed by atoms with van der Waals surface area (Å²) in [5.41, 5.74) is 1.40. The molecule has 2 aromatic rings. The molecule has 5 nitrogen and oxygen atoms in total. The Bertz CT molecular complexity index is 892. The van der Waals surface area contributed by atoms with Gasteiger partial charge in [0.2, 0.25) is 0 Å². The number of esters is 1. The minimum atomic E-state index is -0.757. The third-order valence-electron chi connectivity index (χ3n) is 3.91. The van der Waals surface area contributed by atoms with E-state index in [0.717, 1.165) is 0 Å². The highest BCUT2D eigenvalue weighted by atomic mass is 19.1. The highest BCUT2D eigenvalue weighted by Gasteiger charge is 2.31. The maximum Gasteiger partial charge on any atom is 0.338 e. The molecule has 3 rings (SSSR count). The lowest BCUT2D eigenvalue weighted by atomic mass is 9.95. The van der Waals surface area contributed by atoms with Crippen LogP contribution in [0, 0.1) is 11.6 Å². The van der Waals surface area contributed by atoms with Crippen LogP contribution < -0.4 is 5.32 Å². The van der Waals surface area contributed by atoms with Gasteiger partial charge in [0.05, 0.1) is 12.2 Å². The van der Waals surface area contributed by atoms with E-state index >= 15 is 0 Å². The van der Waals surface area contributed by atoms with E-state index < -0.39 is 23.6 Å². The lowest BCUT2D eigenvalue weighted by Gasteiger charge is -2.26. The van der Waals surface area contributed by atoms with E-state index in [1.807, 2.05) is 0 Å². The summed E-state index contributed by atoms with van der Waals surface area (Å²) in [5.74, 6) is -1.27. The summed E-state index contributed by atoms with van der Waals surface area (Å²) in [6.07, 6.45) is 1.45. The number of aliphatic imine (C=N–C) groups is 1. The Balaban J connectivity index is 2.10. The van der Waals surface area contributed by atoms with Gasteiger partial charge in [0, 0.05) is 11.9 Å². The van der Waals surface area contributed by atoms with Gasteiger partial charge < -0.3 is 10.1 Å². The summed E-state index contributed by atoms with van der Waals surface area (Å²) < 4.78 is 32.5. The fraction of sp³-hybridized carbons (Fsp3) is 0.211. The smallest absolute Gasteiger partial charge is 0.338 e. The Labute approximate surface area is 149 Å². The zero-order chi connectivity index (χ0) is 18.7. The van der Waals surface area contributed by atoms with E-state index in [9.17, 15) is 13.6 Å². The molecular formula is C19H17F2N3O2. The van der Waals surface area contributed by atoms with Crippen LogP contribution in [0.5, 0.6) is 0 Å². The van der Waals surface area contributed by atoms with Crippen molar-refractivity contribution in [2.45, 2.75) is 19.9 Å². The van der Waals surface area contributed by atoms with E-state index in [1.165, 1.54) is 42.6 Å². The van der Waals surface area contributed by atoms with Crippen LogP contribution in [0.15, 0.2) is 58.9 Å². The molecule has 7 heteroatoms. The van der Waals surface area contributed by atoms with Crippen LogP contribution in [0.2, 0.25) is 0 Å². The number of aromatic nitrogens is 1. The number of halogens is 2. The van der Waals surface area contributed by atoms with Crippen molar-refractivity contribution < 1.29 is 18.3 Å². The van der Waals surface area contributed by atoms with Gasteiger partial charge in [0.15, 0.2) is 11.7 Å². The predicted octanol–water partition coefficient (Wildman–Crippen LogP) is 3.29. The SMILES string of the molecule is CCOC(=O)C1=C(C)NC(c2ncccc2F)=NC1c1ccc(F)cc1. The van der Waals surface area contributed by atoms with Crippen molar-refractivity contribution in [2.24, 2.45) is 4.99 Å². The normalized spacial score (nSPS) is 16.8. The summed E-state index contributed by atoms with van der Waals surface area (Å²) in [4.78, 5) is 20.9. The molecule has 134 valence electrons. The predicted molar refractivity (Wildman–Crippen MR) is 92.3 cm³/mol. The third kappa shape index (κ3) is 3.46. The molecule has 1 aromatic carbocycles. The number of nitrogens with one attached hydrogen (secondary N) is 1. The number of benzene rings is 1. The summed E-state index contributed by atoms with van der Waals surface area (Å²) >= 11 is 0. The molecule has 2 heterocycles. The van der Waals surface area contributed by atoms with Gasteiger partial charge in [-0.3, -0.25) is 4.99 Å². The van der Waals surface area contributed by atoms with E-state index in [1.54, 1.807) is 13.8 Å². The molecule has 0 fully saturated rings. The topological polar surface area (TPSA) is 63.6 Å². The van der Waals surface area contributed by atoms with Crippen LogP contribution in [-0.4, -0.2) is 23.4 Å². The van der Waals surface area contributed by atoms with Crippen LogP contribution >= 0.6 is 0 Å². The number of hydrogen-bond donors (Lipinski definition) is 1. The lowest BCUT2D eigenvalue weighted by molar-refractivity contribution is -0.138. The quantitative estimate of drug-likeness (QED) is 0.853. The first-order valence-electron chi connectivity index (χ1n) is 8.10. The molecule has 1 N–H and O–H groups in total. The Hall–Kier alpha value is -3.09. The van der Waals surface area contributed by atoms with Gasteiger partial charge in [-0.2, -0.15) is 0 Å². The molecule has 1 aliphatic heterocycles. The molecule has 0 aliphatic carbocycles. The molecule has 0 bridgehead atoms. The van der Waals surface area contributed by atoms with Crippen LogP contribution in [0.25, 0.3) is 0 Å². The monoisotopic (exact) mass is 357 g/mol. The third-order valence-corrected chi connectivity index (χ3v) is 3.91. The van der Waals surface area contributed by atoms with E-state index in [4.69, 9.17) is 4.74 Å². The molecule has 0 saturated carbocycles. The zero-order valence-corrected chi connectivity index (χ0v) is 14.3. The Morgan fingerprint density at radius 2 is 1.96 bits per heavy atom. The number of carbonyl (C=O) groups is 1. The standard InChI is InChI=1S/C19H17F2N3O2/c1-3-26-19(25)15-11(2)23-18(17-14(21)5-4-10-22-17)24-16(15)12-6-8-13(20)9-7-12/h4-10,16H,3H2,1-2H3,(H,23,24). The average molecular weight is 357 g/mol. The Morgan fingerprint density at radius 1 is 1.23 bits per heavy atom. The first-order valence-corrected chi connectivity index (χ1v) is 8.10. The fourth-order valence-electron chi connectivity index (χ4n) is 2.72. The van der Waals surface area contributed by atoms with E-state index in [-0.39, 0.29) is 18.1 Å². The van der Waals surface area contributed by atoms with Gasteiger partial charge in [-0.1, -0.05) is 12.1 Å². The minimum Gasteiger partial charge on any atom is -0.463 e. The molecule has 1 aromatic heterocycles. The number of allylic oxidation sites excluding steroid dienone is 1. The summed E-state index contributed by atoms with van der Waals surface area (Å²) in [7, 11) is 0. The second-order valence-electron chi connectivity index (χ2n) is 5.65. The van der Waals surface area contributed by atoms with Crippen molar-refractivity contribution in [2.75, 3.05) is 6.61 Å². The number of ether oxygens (including phenoxy) is 1. The summed E-state index contributed by atoms with van der Waals surface area (Å²) in [6, 6.07) is 7.64. The largest absolute Gasteiger partial charge is 0.463 e. The number of nitrogens with zero attached hydrogens (tertiary/aromatic N) is 2. The van der Waals surface area contributed by atoms with Gasteiger partial charge in [0.1, 0.15) is 17.6 Å². The van der Waals surface area contributed by atoms with Crippen molar-refractivity contribution >= 4 is 11.8 Å². The van der Waals surface area contributed by atoms with Crippen LogP contribution in [0.1, 0.15) is 31.1 Å². The molecule has 1 aliphatic rings. The Kier molecular flexibility index (Phi) is 5.06. The highest BCUT2D eigenvalue weighted by Crippen LogP contribution is 2.32. The van der Waals surface area contributed by atoms with Crippen molar-refractivity contribution in [3.63, 3.8) is 0 Å². The number of rotatable bonds is 4. The molecule has 0 spiro atoms. The first kappa shape index (κ1) is 17.7. The van der Waals surface area contributed by atoms with Crippen molar-refractivity contribution in [1.29, 1.82) is 0 Å². The van der Waals surface area contributed by atoms with Crippen molar-refractivity contribution in [3.05, 3.63) is 76.8 Å². The number of carbonyl (C=O) groups excluding carboxylic acids is 1. The van der Waals surface area contributed by atoms with Gasteiger partial charge in [-0.15, -0.1) is 0 Å². The average Bonchev–Trinajstić information content (AvgIpc) is 2.62. The lowest BCUT2D eigenvalue weighted by Crippen LogP contribution is -2.34. The second kappa shape index (κ2) is 7.43. The van der Waals surface area contributed by atoms with E-state index in [0.29, 0.717) is 16.8 Å². The molecule has 26 heavy (non-hydrogen) atoms.